The van der Waals surface area contributed by atoms with Crippen LogP contribution in [-0.2, 0) is 27.1 Å². The Hall–Kier alpha value is -3.10. The van der Waals surface area contributed by atoms with Gasteiger partial charge in [0, 0.05) is 49.2 Å². The van der Waals surface area contributed by atoms with E-state index in [1.807, 2.05) is 38.7 Å². The molecule has 1 fully saturated rings. The van der Waals surface area contributed by atoms with Crippen LogP contribution in [0.25, 0.3) is 10.8 Å². The molecule has 0 amide bonds. The van der Waals surface area contributed by atoms with Crippen molar-refractivity contribution in [1.82, 2.24) is 14.9 Å². The molecule has 2 aromatic heterocycles. The van der Waals surface area contributed by atoms with Gasteiger partial charge in [-0.2, -0.15) is 0 Å². The zero-order valence-corrected chi connectivity index (χ0v) is 24.1. The second kappa shape index (κ2) is 12.2. The first-order chi connectivity index (χ1) is 19.2. The number of rotatable bonds is 10. The number of halogens is 1. The van der Waals surface area contributed by atoms with Gasteiger partial charge in [-0.05, 0) is 101 Å². The van der Waals surface area contributed by atoms with Gasteiger partial charge in [-0.3, -0.25) is 9.88 Å². The molecular weight excluding hydrogens is 507 g/mol. The lowest BCUT2D eigenvalue weighted by atomic mass is 9.94. The molecule has 0 spiro atoms. The molecule has 1 unspecified atom stereocenters. The lowest BCUT2D eigenvalue weighted by Gasteiger charge is -2.43. The van der Waals surface area contributed by atoms with E-state index in [0.717, 1.165) is 61.2 Å². The highest BCUT2D eigenvalue weighted by Crippen LogP contribution is 2.35. The largest absolute Gasteiger partial charge is 0.459 e. The van der Waals surface area contributed by atoms with Crippen LogP contribution in [0.15, 0.2) is 36.5 Å². The van der Waals surface area contributed by atoms with Crippen molar-refractivity contribution < 1.29 is 18.7 Å². The first kappa shape index (κ1) is 28.4. The van der Waals surface area contributed by atoms with E-state index in [2.05, 4.69) is 22.4 Å². The predicted molar refractivity (Wildman–Crippen MR) is 155 cm³/mol. The van der Waals surface area contributed by atoms with Crippen LogP contribution < -0.4 is 5.32 Å². The Morgan fingerprint density at radius 3 is 2.77 bits per heavy atom. The van der Waals surface area contributed by atoms with E-state index in [0.29, 0.717) is 30.6 Å². The SMILES string of the molecule is Cc1nccc2c(C(C(=O)OC(C)(C)C)N3CC(OCCCCCc4ccc5c(n4)NCCC5)C3)cc(F)cc12. The fourth-order valence-electron chi connectivity index (χ4n) is 5.60. The van der Waals surface area contributed by atoms with Crippen molar-refractivity contribution in [3.05, 3.63) is 64.9 Å². The van der Waals surface area contributed by atoms with Crippen LogP contribution in [-0.4, -0.2) is 58.8 Å². The Kier molecular flexibility index (Phi) is 8.66. The summed E-state index contributed by atoms with van der Waals surface area (Å²) in [7, 11) is 0. The average molecular weight is 549 g/mol. The molecule has 0 bridgehead atoms. The summed E-state index contributed by atoms with van der Waals surface area (Å²) in [6, 6.07) is 8.44. The maximum atomic E-state index is 14.7. The van der Waals surface area contributed by atoms with Gasteiger partial charge in [0.05, 0.1) is 6.10 Å². The topological polar surface area (TPSA) is 76.6 Å². The third-order valence-corrected chi connectivity index (χ3v) is 7.62. The minimum Gasteiger partial charge on any atom is -0.459 e. The second-order valence-corrected chi connectivity index (χ2v) is 12.0. The summed E-state index contributed by atoms with van der Waals surface area (Å²) in [6.07, 6.45) is 8.14. The summed E-state index contributed by atoms with van der Waals surface area (Å²) in [5.74, 6) is 0.296. The van der Waals surface area contributed by atoms with Crippen molar-refractivity contribution in [2.45, 2.75) is 84.0 Å². The van der Waals surface area contributed by atoms with Crippen molar-refractivity contribution in [2.75, 3.05) is 31.6 Å². The molecule has 8 heteroatoms. The fraction of sp³-hybridized carbons (Fsp3) is 0.531. The molecule has 7 nitrogen and oxygen atoms in total. The van der Waals surface area contributed by atoms with Crippen molar-refractivity contribution in [3.63, 3.8) is 0 Å². The van der Waals surface area contributed by atoms with E-state index >= 15 is 0 Å². The maximum absolute atomic E-state index is 14.7. The van der Waals surface area contributed by atoms with E-state index in [4.69, 9.17) is 14.5 Å². The van der Waals surface area contributed by atoms with Gasteiger partial charge < -0.3 is 14.8 Å². The Morgan fingerprint density at radius 2 is 1.98 bits per heavy atom. The smallest absolute Gasteiger partial charge is 0.328 e. The molecular formula is C32H41FN4O3. The van der Waals surface area contributed by atoms with Crippen LogP contribution in [0.2, 0.25) is 0 Å². The number of aromatic nitrogens is 2. The molecule has 4 heterocycles. The number of hydrogen-bond donors (Lipinski definition) is 1. The highest BCUT2D eigenvalue weighted by atomic mass is 19.1. The number of carbonyl (C=O) groups is 1. The Bertz CT molecular complexity index is 1350. The number of nitrogens with zero attached hydrogens (tertiary/aromatic N) is 3. The summed E-state index contributed by atoms with van der Waals surface area (Å²) in [6.45, 7) is 10.3. The molecule has 0 aliphatic carbocycles. The average Bonchev–Trinajstić information content (AvgIpc) is 2.88. The zero-order valence-electron chi connectivity index (χ0n) is 24.1. The molecule has 2 aliphatic rings. The number of ether oxygens (including phenoxy) is 2. The summed E-state index contributed by atoms with van der Waals surface area (Å²) >= 11 is 0. The van der Waals surface area contributed by atoms with Crippen molar-refractivity contribution in [3.8, 4) is 0 Å². The maximum Gasteiger partial charge on any atom is 0.328 e. The lowest BCUT2D eigenvalue weighted by molar-refractivity contribution is -0.168. The summed E-state index contributed by atoms with van der Waals surface area (Å²) < 4.78 is 26.6. The van der Waals surface area contributed by atoms with Crippen LogP contribution in [0.1, 0.15) is 75.0 Å². The number of aryl methyl sites for hydroxylation is 3. The molecule has 1 atom stereocenters. The molecule has 5 rings (SSSR count). The molecule has 0 radical (unpaired) electrons. The molecule has 3 aromatic rings. The Morgan fingerprint density at radius 1 is 1.15 bits per heavy atom. The van der Waals surface area contributed by atoms with Gasteiger partial charge in [-0.15, -0.1) is 0 Å². The number of likely N-dealkylation sites (tertiary alicyclic amines) is 1. The fourth-order valence-corrected chi connectivity index (χ4v) is 5.60. The minimum absolute atomic E-state index is 0.0431. The number of fused-ring (bicyclic) bond motifs is 2. The number of carbonyl (C=O) groups excluding carboxylic acids is 1. The Labute approximate surface area is 236 Å². The third kappa shape index (κ3) is 6.78. The van der Waals surface area contributed by atoms with E-state index in [-0.39, 0.29) is 17.9 Å². The second-order valence-electron chi connectivity index (χ2n) is 12.0. The molecule has 1 N–H and O–H groups in total. The van der Waals surface area contributed by atoms with Crippen molar-refractivity contribution in [2.24, 2.45) is 0 Å². The number of nitrogens with one attached hydrogen (secondary N) is 1. The van der Waals surface area contributed by atoms with E-state index in [1.165, 1.54) is 24.1 Å². The van der Waals surface area contributed by atoms with Crippen molar-refractivity contribution in [1.29, 1.82) is 0 Å². The normalized spacial score (nSPS) is 16.7. The predicted octanol–water partition coefficient (Wildman–Crippen LogP) is 5.93. The van der Waals surface area contributed by atoms with Gasteiger partial charge in [-0.1, -0.05) is 12.5 Å². The minimum atomic E-state index is -0.710. The third-order valence-electron chi connectivity index (χ3n) is 7.62. The molecule has 2 aliphatic heterocycles. The standard InChI is InChI=1S/C32H41FN4O3/c1-21-27-17-23(33)18-28(26(27)13-15-34-21)29(31(38)40-32(2,3)4)37-19-25(20-37)39-16-7-5-6-10-24-12-11-22-9-8-14-35-30(22)36-24/h11-13,15,17-18,25,29H,5-10,14,16,19-20H2,1-4H3,(H,35,36). The highest BCUT2D eigenvalue weighted by molar-refractivity contribution is 5.92. The number of hydrogen-bond acceptors (Lipinski definition) is 7. The number of unbranched alkanes of at least 4 members (excludes halogenated alkanes) is 2. The van der Waals surface area contributed by atoms with Gasteiger partial charge in [0.25, 0.3) is 0 Å². The van der Waals surface area contributed by atoms with Crippen LogP contribution in [0, 0.1) is 12.7 Å². The van der Waals surface area contributed by atoms with Gasteiger partial charge in [-0.25, -0.2) is 14.2 Å². The van der Waals surface area contributed by atoms with Crippen LogP contribution in [0.4, 0.5) is 10.2 Å². The van der Waals surface area contributed by atoms with E-state index in [9.17, 15) is 9.18 Å². The van der Waals surface area contributed by atoms with Crippen molar-refractivity contribution >= 4 is 22.6 Å². The quantitative estimate of drug-likeness (QED) is 0.249. The van der Waals surface area contributed by atoms with Gasteiger partial charge in [0.15, 0.2) is 0 Å². The number of benzene rings is 1. The van der Waals surface area contributed by atoms with Crippen LogP contribution >= 0.6 is 0 Å². The summed E-state index contributed by atoms with van der Waals surface area (Å²) in [4.78, 5) is 24.5. The monoisotopic (exact) mass is 548 g/mol. The zero-order chi connectivity index (χ0) is 28.3. The van der Waals surface area contributed by atoms with E-state index < -0.39 is 11.6 Å². The number of esters is 1. The van der Waals surface area contributed by atoms with E-state index in [1.54, 1.807) is 6.20 Å². The van der Waals surface area contributed by atoms with Gasteiger partial charge in [0.2, 0.25) is 0 Å². The molecule has 40 heavy (non-hydrogen) atoms. The highest BCUT2D eigenvalue weighted by Gasteiger charge is 2.40. The first-order valence-electron chi connectivity index (χ1n) is 14.5. The van der Waals surface area contributed by atoms with Gasteiger partial charge >= 0.3 is 5.97 Å². The van der Waals surface area contributed by atoms with Crippen LogP contribution in [0.3, 0.4) is 0 Å². The number of pyridine rings is 2. The first-order valence-corrected chi connectivity index (χ1v) is 14.5. The lowest BCUT2D eigenvalue weighted by Crippen LogP contribution is -2.55. The summed E-state index contributed by atoms with van der Waals surface area (Å²) in [5, 5.41) is 4.93. The molecule has 1 saturated heterocycles. The molecule has 0 saturated carbocycles. The summed E-state index contributed by atoms with van der Waals surface area (Å²) in [5.41, 5.74) is 3.16. The van der Waals surface area contributed by atoms with Crippen LogP contribution in [0.5, 0.6) is 0 Å². The molecule has 214 valence electrons. The Balaban J connectivity index is 1.14. The molecule has 1 aromatic carbocycles. The number of anilines is 1. The van der Waals surface area contributed by atoms with Gasteiger partial charge in [0.1, 0.15) is 23.3 Å².